The quantitative estimate of drug-likeness (QED) is 0.363. The van der Waals surface area contributed by atoms with Gasteiger partial charge >= 0.3 is 5.97 Å². The monoisotopic (exact) mass is 403 g/mol. The molecule has 1 saturated heterocycles. The number of carboxylic acid groups (broad SMARTS) is 1. The van der Waals surface area contributed by atoms with E-state index in [0.29, 0.717) is 32.1 Å². The Labute approximate surface area is 164 Å². The lowest BCUT2D eigenvalue weighted by Crippen LogP contribution is -2.44. The number of rotatable bonds is 13. The molecule has 160 valence electrons. The molecule has 1 aliphatic heterocycles. The molecule has 0 bridgehead atoms. The summed E-state index contributed by atoms with van der Waals surface area (Å²) in [5.41, 5.74) is -2.33. The lowest BCUT2D eigenvalue weighted by Gasteiger charge is -2.31. The largest absolute Gasteiger partial charge is 0.481 e. The number of unbranched alkanes of at least 4 members (excludes halogenated alkanes) is 2. The molecule has 1 fully saturated rings. The van der Waals surface area contributed by atoms with Crippen LogP contribution in [-0.2, 0) is 14.4 Å². The fraction of sp³-hybridized carbons (Fsp3) is 0.750. The van der Waals surface area contributed by atoms with Crippen LogP contribution in [0.15, 0.2) is 12.2 Å². The predicted molar refractivity (Wildman–Crippen MR) is 100 cm³/mol. The van der Waals surface area contributed by atoms with Crippen molar-refractivity contribution >= 4 is 17.7 Å². The summed E-state index contributed by atoms with van der Waals surface area (Å²) >= 11 is 0. The second-order valence-electron chi connectivity index (χ2n) is 7.58. The number of aliphatic hydroxyl groups is 1. The molecule has 0 aromatic heterocycles. The zero-order valence-corrected chi connectivity index (χ0v) is 16.6. The third-order valence-electron chi connectivity index (χ3n) is 5.05. The molecule has 6 nitrogen and oxygen atoms in total. The molecule has 0 saturated carbocycles. The molecule has 2 unspecified atom stereocenters. The number of nitrogens with zero attached hydrogens (tertiary/aromatic N) is 1. The van der Waals surface area contributed by atoms with Gasteiger partial charge in [-0.1, -0.05) is 19.4 Å². The number of hydrogen-bond acceptors (Lipinski definition) is 4. The second kappa shape index (κ2) is 10.6. The van der Waals surface area contributed by atoms with Crippen LogP contribution in [0.1, 0.15) is 71.6 Å². The Balaban J connectivity index is 2.66. The van der Waals surface area contributed by atoms with E-state index in [1.165, 1.54) is 11.0 Å². The van der Waals surface area contributed by atoms with Gasteiger partial charge in [-0.05, 0) is 38.7 Å². The van der Waals surface area contributed by atoms with Gasteiger partial charge in [0.05, 0.1) is 12.6 Å². The molecule has 0 aromatic rings. The van der Waals surface area contributed by atoms with Crippen LogP contribution in [0.25, 0.3) is 0 Å². The van der Waals surface area contributed by atoms with Gasteiger partial charge in [0.2, 0.25) is 5.91 Å². The van der Waals surface area contributed by atoms with Crippen LogP contribution >= 0.6 is 0 Å². The number of alkyl halides is 2. The summed E-state index contributed by atoms with van der Waals surface area (Å²) in [6.45, 7) is 2.71. The van der Waals surface area contributed by atoms with Crippen molar-refractivity contribution < 1.29 is 33.4 Å². The van der Waals surface area contributed by atoms with Crippen LogP contribution in [0, 0.1) is 0 Å². The summed E-state index contributed by atoms with van der Waals surface area (Å²) < 4.78 is 28.4. The first-order valence-corrected chi connectivity index (χ1v) is 9.82. The van der Waals surface area contributed by atoms with Gasteiger partial charge in [0.15, 0.2) is 5.78 Å². The van der Waals surface area contributed by atoms with Gasteiger partial charge in [0, 0.05) is 25.7 Å². The van der Waals surface area contributed by atoms with Crippen molar-refractivity contribution in [1.29, 1.82) is 0 Å². The van der Waals surface area contributed by atoms with E-state index < -0.39 is 30.0 Å². The Hall–Kier alpha value is -1.83. The van der Waals surface area contributed by atoms with Gasteiger partial charge in [-0.15, -0.1) is 0 Å². The highest BCUT2D eigenvalue weighted by molar-refractivity contribution is 5.87. The Morgan fingerprint density at radius 1 is 1.25 bits per heavy atom. The van der Waals surface area contributed by atoms with Gasteiger partial charge in [-0.3, -0.25) is 14.4 Å². The smallest absolute Gasteiger partial charge is 0.303 e. The molecule has 0 aliphatic carbocycles. The summed E-state index contributed by atoms with van der Waals surface area (Å²) in [7, 11) is 0. The van der Waals surface area contributed by atoms with Crippen LogP contribution < -0.4 is 0 Å². The first-order chi connectivity index (χ1) is 13.0. The van der Waals surface area contributed by atoms with E-state index in [1.807, 2.05) is 0 Å². The molecule has 0 spiro atoms. The second-order valence-corrected chi connectivity index (χ2v) is 7.58. The average molecular weight is 403 g/mol. The number of Topliss-reactive ketones (excluding diaryl/α,β-unsaturated/α-hetero) is 1. The zero-order chi connectivity index (χ0) is 21.4. The first-order valence-electron chi connectivity index (χ1n) is 9.82. The maximum Gasteiger partial charge on any atom is 0.303 e. The summed E-state index contributed by atoms with van der Waals surface area (Å²) in [4.78, 5) is 35.9. The van der Waals surface area contributed by atoms with Crippen LogP contribution in [0.2, 0.25) is 0 Å². The van der Waals surface area contributed by atoms with Gasteiger partial charge in [0.1, 0.15) is 5.60 Å². The van der Waals surface area contributed by atoms with Crippen molar-refractivity contribution in [2.45, 2.75) is 89.2 Å². The van der Waals surface area contributed by atoms with E-state index in [4.69, 9.17) is 5.11 Å². The van der Waals surface area contributed by atoms with Crippen molar-refractivity contribution in [3.63, 3.8) is 0 Å². The number of aliphatic carboxylic acids is 1. The number of amides is 1. The summed E-state index contributed by atoms with van der Waals surface area (Å²) in [6.07, 6.45) is 4.47. The lowest BCUT2D eigenvalue weighted by atomic mass is 9.92. The minimum atomic E-state index is -3.28. The first kappa shape index (κ1) is 24.2. The molecule has 2 N–H and O–H groups in total. The number of hydrogen-bond donors (Lipinski definition) is 2. The molecule has 1 amide bonds. The SMILES string of the molecule is CCCCC(F)(F)C(C)(O)C=CC1CCC(=O)N1CC(=O)CCCCC(=O)O. The predicted octanol–water partition coefficient (Wildman–Crippen LogP) is 3.32. The lowest BCUT2D eigenvalue weighted by molar-refractivity contribution is -0.150. The molecular formula is C20H31F2NO5. The Kier molecular flexibility index (Phi) is 9.20. The fourth-order valence-corrected chi connectivity index (χ4v) is 3.10. The highest BCUT2D eigenvalue weighted by atomic mass is 19.3. The molecular weight excluding hydrogens is 372 g/mol. The fourth-order valence-electron chi connectivity index (χ4n) is 3.10. The van der Waals surface area contributed by atoms with Gasteiger partial charge in [-0.25, -0.2) is 8.78 Å². The summed E-state index contributed by atoms with van der Waals surface area (Å²) in [5.74, 6) is -4.63. The maximum atomic E-state index is 14.2. The number of carbonyl (C=O) groups is 3. The van der Waals surface area contributed by atoms with Crippen molar-refractivity contribution in [3.8, 4) is 0 Å². The molecule has 2 atom stereocenters. The Bertz CT molecular complexity index is 589. The van der Waals surface area contributed by atoms with Crippen molar-refractivity contribution in [2.75, 3.05) is 6.54 Å². The third kappa shape index (κ3) is 7.30. The van der Waals surface area contributed by atoms with Gasteiger partial charge < -0.3 is 15.1 Å². The topological polar surface area (TPSA) is 94.9 Å². The maximum absolute atomic E-state index is 14.2. The van der Waals surface area contributed by atoms with Crippen molar-refractivity contribution in [3.05, 3.63) is 12.2 Å². The highest BCUT2D eigenvalue weighted by Crippen LogP contribution is 2.35. The molecule has 28 heavy (non-hydrogen) atoms. The van der Waals surface area contributed by atoms with E-state index in [9.17, 15) is 28.3 Å². The minimum absolute atomic E-state index is 0.0113. The molecule has 1 aliphatic rings. The minimum Gasteiger partial charge on any atom is -0.481 e. The third-order valence-corrected chi connectivity index (χ3v) is 5.05. The number of ketones is 1. The normalized spacial score (nSPS) is 20.0. The van der Waals surface area contributed by atoms with E-state index in [1.54, 1.807) is 6.92 Å². The van der Waals surface area contributed by atoms with Crippen molar-refractivity contribution in [1.82, 2.24) is 4.90 Å². The molecule has 1 rings (SSSR count). The standard InChI is InChI=1S/C20H31F2NO5/c1-3-4-12-20(21,22)19(2,28)13-11-15-9-10-17(25)23(15)14-16(24)7-5-6-8-18(26)27/h11,13,15,28H,3-10,12,14H2,1-2H3,(H,26,27). The Morgan fingerprint density at radius 3 is 2.50 bits per heavy atom. The van der Waals surface area contributed by atoms with Crippen molar-refractivity contribution in [2.24, 2.45) is 0 Å². The Morgan fingerprint density at radius 2 is 1.89 bits per heavy atom. The van der Waals surface area contributed by atoms with E-state index in [0.717, 1.165) is 13.0 Å². The molecule has 1 heterocycles. The molecule has 8 heteroatoms. The van der Waals surface area contributed by atoms with Crippen LogP contribution in [0.4, 0.5) is 8.78 Å². The number of halogens is 2. The van der Waals surface area contributed by atoms with E-state index >= 15 is 0 Å². The molecule has 0 radical (unpaired) electrons. The van der Waals surface area contributed by atoms with Crippen LogP contribution in [-0.4, -0.2) is 56.9 Å². The van der Waals surface area contributed by atoms with Crippen LogP contribution in [0.5, 0.6) is 0 Å². The average Bonchev–Trinajstić information content (AvgIpc) is 2.95. The highest BCUT2D eigenvalue weighted by Gasteiger charge is 2.46. The number of carboxylic acids is 1. The van der Waals surface area contributed by atoms with Gasteiger partial charge in [0.25, 0.3) is 5.92 Å². The van der Waals surface area contributed by atoms with E-state index in [2.05, 4.69) is 0 Å². The van der Waals surface area contributed by atoms with Crippen LogP contribution in [0.3, 0.4) is 0 Å². The van der Waals surface area contributed by atoms with Gasteiger partial charge in [-0.2, -0.15) is 0 Å². The summed E-state index contributed by atoms with van der Waals surface area (Å²) in [5, 5.41) is 18.8. The van der Waals surface area contributed by atoms with E-state index in [-0.39, 0.29) is 37.5 Å². The number of likely N-dealkylation sites (tertiary alicyclic amines) is 1. The zero-order valence-electron chi connectivity index (χ0n) is 16.6. The summed E-state index contributed by atoms with van der Waals surface area (Å²) in [6, 6.07) is -0.510. The number of carbonyl (C=O) groups excluding carboxylic acids is 2. The molecule has 0 aromatic carbocycles.